The van der Waals surface area contributed by atoms with Crippen LogP contribution in [-0.2, 0) is 20.2 Å². The zero-order valence-corrected chi connectivity index (χ0v) is 19.0. The van der Waals surface area contributed by atoms with E-state index in [1.807, 2.05) is 54.6 Å². The molecule has 2 aliphatic rings. The lowest BCUT2D eigenvalue weighted by molar-refractivity contribution is -0.120. The van der Waals surface area contributed by atoms with Crippen molar-refractivity contribution in [2.75, 3.05) is 18.4 Å². The number of nitriles is 1. The van der Waals surface area contributed by atoms with Gasteiger partial charge in [-0.3, -0.25) is 4.79 Å². The van der Waals surface area contributed by atoms with Crippen LogP contribution in [0, 0.1) is 17.2 Å². The van der Waals surface area contributed by atoms with E-state index in [-0.39, 0.29) is 22.8 Å². The maximum atomic E-state index is 13.3. The standard InChI is InChI=1S/C26H25N3O3S/c27-18-26(13-14-26)22-8-10-23(11-9-22)28-25(30)21-6-3-15-29(17-21)33(31,32)24-12-7-19-4-1-2-5-20(19)16-24/h1-2,4-5,7-12,16,21H,3,6,13-15,17H2,(H,28,30)/t21-/m0/s1. The van der Waals surface area contributed by atoms with Crippen molar-refractivity contribution in [3.8, 4) is 6.07 Å². The first-order valence-electron chi connectivity index (χ1n) is 11.2. The molecule has 0 spiro atoms. The number of benzene rings is 3. The number of sulfonamides is 1. The second-order valence-electron chi connectivity index (χ2n) is 8.97. The highest BCUT2D eigenvalue weighted by atomic mass is 32.2. The Balaban J connectivity index is 1.28. The minimum Gasteiger partial charge on any atom is -0.326 e. The third-order valence-electron chi connectivity index (χ3n) is 6.78. The summed E-state index contributed by atoms with van der Waals surface area (Å²) in [5, 5.41) is 14.1. The number of nitrogens with zero attached hydrogens (tertiary/aromatic N) is 2. The Labute approximate surface area is 193 Å². The van der Waals surface area contributed by atoms with Crippen LogP contribution in [0.5, 0.6) is 0 Å². The van der Waals surface area contributed by atoms with Crippen molar-refractivity contribution in [3.05, 3.63) is 72.3 Å². The van der Waals surface area contributed by atoms with Gasteiger partial charge in [0.1, 0.15) is 0 Å². The van der Waals surface area contributed by atoms with E-state index in [9.17, 15) is 18.5 Å². The van der Waals surface area contributed by atoms with Crippen LogP contribution in [0.25, 0.3) is 10.8 Å². The van der Waals surface area contributed by atoms with E-state index in [1.165, 1.54) is 4.31 Å². The van der Waals surface area contributed by atoms with E-state index in [4.69, 9.17) is 0 Å². The van der Waals surface area contributed by atoms with Gasteiger partial charge in [0.25, 0.3) is 0 Å². The molecule has 7 heteroatoms. The molecule has 0 aromatic heterocycles. The Kier molecular flexibility index (Phi) is 5.43. The lowest BCUT2D eigenvalue weighted by atomic mass is 9.97. The molecule has 1 saturated carbocycles. The first-order valence-corrected chi connectivity index (χ1v) is 12.7. The summed E-state index contributed by atoms with van der Waals surface area (Å²) in [6.07, 6.45) is 3.03. The Morgan fingerprint density at radius 1 is 1.03 bits per heavy atom. The van der Waals surface area contributed by atoms with Crippen LogP contribution in [0.2, 0.25) is 0 Å². The molecule has 0 unspecified atom stereocenters. The predicted molar refractivity (Wildman–Crippen MR) is 127 cm³/mol. The van der Waals surface area contributed by atoms with Crippen LogP contribution >= 0.6 is 0 Å². The molecule has 33 heavy (non-hydrogen) atoms. The van der Waals surface area contributed by atoms with E-state index in [1.54, 1.807) is 12.1 Å². The monoisotopic (exact) mass is 459 g/mol. The number of fused-ring (bicyclic) bond motifs is 1. The molecule has 1 amide bonds. The van der Waals surface area contributed by atoms with Gasteiger partial charge in [0, 0.05) is 18.8 Å². The molecule has 1 aliphatic heterocycles. The van der Waals surface area contributed by atoms with Gasteiger partial charge >= 0.3 is 0 Å². The number of piperidine rings is 1. The average molecular weight is 460 g/mol. The minimum atomic E-state index is -3.69. The largest absolute Gasteiger partial charge is 0.326 e. The van der Waals surface area contributed by atoms with E-state index in [0.29, 0.717) is 25.1 Å². The summed E-state index contributed by atoms with van der Waals surface area (Å²) in [5.41, 5.74) is 1.28. The molecular weight excluding hydrogens is 434 g/mol. The number of amides is 1. The van der Waals surface area contributed by atoms with Crippen molar-refractivity contribution < 1.29 is 13.2 Å². The van der Waals surface area contributed by atoms with E-state index >= 15 is 0 Å². The highest BCUT2D eigenvalue weighted by Crippen LogP contribution is 2.47. The molecule has 5 rings (SSSR count). The van der Waals surface area contributed by atoms with Gasteiger partial charge in [-0.25, -0.2) is 8.42 Å². The minimum absolute atomic E-state index is 0.163. The van der Waals surface area contributed by atoms with Crippen molar-refractivity contribution >= 4 is 32.4 Å². The molecule has 3 aromatic carbocycles. The zero-order valence-electron chi connectivity index (χ0n) is 18.2. The molecule has 1 aliphatic carbocycles. The van der Waals surface area contributed by atoms with Gasteiger partial charge in [0.05, 0.1) is 22.3 Å². The lowest BCUT2D eigenvalue weighted by Gasteiger charge is -2.31. The van der Waals surface area contributed by atoms with Gasteiger partial charge in [-0.15, -0.1) is 0 Å². The van der Waals surface area contributed by atoms with Crippen LogP contribution in [0.4, 0.5) is 5.69 Å². The number of hydrogen-bond donors (Lipinski definition) is 1. The first-order chi connectivity index (χ1) is 15.9. The molecule has 168 valence electrons. The van der Waals surface area contributed by atoms with Crippen molar-refractivity contribution in [2.24, 2.45) is 5.92 Å². The summed E-state index contributed by atoms with van der Waals surface area (Å²) in [6.45, 7) is 0.570. The topological polar surface area (TPSA) is 90.3 Å². The fraction of sp³-hybridized carbons (Fsp3) is 0.308. The number of nitrogens with one attached hydrogen (secondary N) is 1. The summed E-state index contributed by atoms with van der Waals surface area (Å²) in [4.78, 5) is 13.2. The Hall–Kier alpha value is -3.21. The highest BCUT2D eigenvalue weighted by molar-refractivity contribution is 7.89. The van der Waals surface area contributed by atoms with E-state index in [2.05, 4.69) is 11.4 Å². The molecule has 6 nitrogen and oxygen atoms in total. The lowest BCUT2D eigenvalue weighted by Crippen LogP contribution is -2.43. The SMILES string of the molecule is N#CC1(c2ccc(NC(=O)[C@H]3CCCN(S(=O)(=O)c4ccc5ccccc5c4)C3)cc2)CC1. The van der Waals surface area contributed by atoms with Gasteiger partial charge in [-0.05, 0) is 66.3 Å². The molecule has 2 fully saturated rings. The predicted octanol–water partition coefficient (Wildman–Crippen LogP) is 4.43. The Morgan fingerprint density at radius 2 is 1.76 bits per heavy atom. The summed E-state index contributed by atoms with van der Waals surface area (Å²) >= 11 is 0. The van der Waals surface area contributed by atoms with Crippen molar-refractivity contribution in [3.63, 3.8) is 0 Å². The Morgan fingerprint density at radius 3 is 2.45 bits per heavy atom. The zero-order chi connectivity index (χ0) is 23.1. The highest BCUT2D eigenvalue weighted by Gasteiger charge is 2.44. The quantitative estimate of drug-likeness (QED) is 0.611. The van der Waals surface area contributed by atoms with Crippen LogP contribution < -0.4 is 5.32 Å². The summed E-state index contributed by atoms with van der Waals surface area (Å²) < 4.78 is 28.0. The smallest absolute Gasteiger partial charge is 0.243 e. The van der Waals surface area contributed by atoms with E-state index < -0.39 is 15.9 Å². The molecule has 1 atom stereocenters. The molecular formula is C26H25N3O3S. The molecule has 1 N–H and O–H groups in total. The average Bonchev–Trinajstić information content (AvgIpc) is 3.65. The first kappa shape index (κ1) is 21.6. The second kappa shape index (κ2) is 8.29. The van der Waals surface area contributed by atoms with Crippen molar-refractivity contribution in [1.82, 2.24) is 4.31 Å². The van der Waals surface area contributed by atoms with Gasteiger partial charge < -0.3 is 5.32 Å². The number of anilines is 1. The van der Waals surface area contributed by atoms with Crippen LogP contribution in [0.15, 0.2) is 71.6 Å². The van der Waals surface area contributed by atoms with Crippen LogP contribution in [-0.4, -0.2) is 31.7 Å². The molecule has 1 heterocycles. The second-order valence-corrected chi connectivity index (χ2v) is 10.9. The number of carbonyl (C=O) groups is 1. The molecule has 1 saturated heterocycles. The van der Waals surface area contributed by atoms with Gasteiger partial charge in [-0.1, -0.05) is 42.5 Å². The fourth-order valence-corrected chi connectivity index (χ4v) is 6.12. The fourth-order valence-electron chi connectivity index (χ4n) is 4.56. The van der Waals surface area contributed by atoms with Crippen LogP contribution in [0.1, 0.15) is 31.2 Å². The van der Waals surface area contributed by atoms with Gasteiger partial charge in [0.2, 0.25) is 15.9 Å². The maximum absolute atomic E-state index is 13.3. The Bertz CT molecular complexity index is 1360. The molecule has 3 aromatic rings. The number of hydrogen-bond acceptors (Lipinski definition) is 4. The molecule has 0 radical (unpaired) electrons. The summed E-state index contributed by atoms with van der Waals surface area (Å²) in [6, 6.07) is 22.6. The van der Waals surface area contributed by atoms with Crippen molar-refractivity contribution in [1.29, 1.82) is 5.26 Å². The number of rotatable bonds is 5. The van der Waals surface area contributed by atoms with Gasteiger partial charge in [0.15, 0.2) is 0 Å². The summed E-state index contributed by atoms with van der Waals surface area (Å²) in [5.74, 6) is -0.592. The van der Waals surface area contributed by atoms with Gasteiger partial charge in [-0.2, -0.15) is 9.57 Å². The number of carbonyl (C=O) groups excluding carboxylic acids is 1. The van der Waals surface area contributed by atoms with Crippen LogP contribution in [0.3, 0.4) is 0 Å². The molecule has 0 bridgehead atoms. The van der Waals surface area contributed by atoms with Crippen molar-refractivity contribution in [2.45, 2.75) is 36.0 Å². The third-order valence-corrected chi connectivity index (χ3v) is 8.64. The summed E-state index contributed by atoms with van der Waals surface area (Å²) in [7, 11) is -3.69. The normalized spacial score (nSPS) is 20.2. The third kappa shape index (κ3) is 4.12. The van der Waals surface area contributed by atoms with E-state index in [0.717, 1.165) is 29.2 Å². The maximum Gasteiger partial charge on any atom is 0.243 e.